The fourth-order valence-electron chi connectivity index (χ4n) is 2.22. The lowest BCUT2D eigenvalue weighted by Crippen LogP contribution is -2.29. The molecule has 2 heterocycles. The zero-order chi connectivity index (χ0) is 12.6. The first-order valence-electron chi connectivity index (χ1n) is 5.97. The number of rotatable bonds is 3. The molecule has 1 aromatic carbocycles. The van der Waals surface area contributed by atoms with Gasteiger partial charge in [-0.25, -0.2) is 13.4 Å². The minimum Gasteiger partial charge on any atom is -0.313 e. The van der Waals surface area contributed by atoms with Crippen molar-refractivity contribution in [2.24, 2.45) is 0 Å². The van der Waals surface area contributed by atoms with E-state index in [1.165, 1.54) is 11.3 Å². The Kier molecular flexibility index (Phi) is 3.09. The first-order chi connectivity index (χ1) is 8.65. The number of fused-ring (bicyclic) bond motifs is 1. The predicted molar refractivity (Wildman–Crippen MR) is 72.7 cm³/mol. The summed E-state index contributed by atoms with van der Waals surface area (Å²) in [5.74, 6) is 0.160. The number of hydrogen-bond acceptors (Lipinski definition) is 5. The predicted octanol–water partition coefficient (Wildman–Crippen LogP) is 1.82. The van der Waals surface area contributed by atoms with Crippen molar-refractivity contribution >= 4 is 31.4 Å². The van der Waals surface area contributed by atoms with Gasteiger partial charge in [-0.15, -0.1) is 11.3 Å². The fourth-order valence-corrected chi connectivity index (χ4v) is 5.09. The van der Waals surface area contributed by atoms with Crippen LogP contribution in [0.15, 0.2) is 28.6 Å². The van der Waals surface area contributed by atoms with E-state index in [9.17, 15) is 8.42 Å². The van der Waals surface area contributed by atoms with Crippen LogP contribution in [-0.4, -0.2) is 31.7 Å². The van der Waals surface area contributed by atoms with Crippen molar-refractivity contribution in [2.45, 2.75) is 23.2 Å². The van der Waals surface area contributed by atoms with E-state index >= 15 is 0 Å². The Hall–Kier alpha value is -0.980. The molecule has 0 bridgehead atoms. The van der Waals surface area contributed by atoms with Crippen LogP contribution in [-0.2, 0) is 9.84 Å². The van der Waals surface area contributed by atoms with Gasteiger partial charge in [-0.3, -0.25) is 0 Å². The molecule has 0 spiro atoms. The molecular formula is C12H14N2O2S2. The smallest absolute Gasteiger partial charge is 0.210 e. The van der Waals surface area contributed by atoms with Gasteiger partial charge in [0.25, 0.3) is 0 Å². The number of nitrogens with zero attached hydrogens (tertiary/aromatic N) is 1. The second kappa shape index (κ2) is 4.60. The minimum absolute atomic E-state index is 0.0852. The van der Waals surface area contributed by atoms with Gasteiger partial charge in [-0.2, -0.15) is 0 Å². The Morgan fingerprint density at radius 2 is 2.22 bits per heavy atom. The molecule has 0 aliphatic carbocycles. The molecule has 1 aliphatic heterocycles. The maximum atomic E-state index is 12.3. The fraction of sp³-hybridized carbons (Fsp3) is 0.417. The highest BCUT2D eigenvalue weighted by molar-refractivity contribution is 7.93. The van der Waals surface area contributed by atoms with Crippen molar-refractivity contribution in [1.29, 1.82) is 0 Å². The molecule has 96 valence electrons. The highest BCUT2D eigenvalue weighted by Crippen LogP contribution is 2.26. The van der Waals surface area contributed by atoms with Crippen molar-refractivity contribution < 1.29 is 8.42 Å². The van der Waals surface area contributed by atoms with Crippen molar-refractivity contribution in [1.82, 2.24) is 10.3 Å². The van der Waals surface area contributed by atoms with Gasteiger partial charge in [0.2, 0.25) is 14.2 Å². The number of aromatic nitrogens is 1. The lowest BCUT2D eigenvalue weighted by atomic mass is 10.3. The third-order valence-electron chi connectivity index (χ3n) is 3.12. The number of nitrogens with one attached hydrogen (secondary N) is 1. The Morgan fingerprint density at radius 3 is 2.94 bits per heavy atom. The van der Waals surface area contributed by atoms with Crippen molar-refractivity contribution in [3.05, 3.63) is 24.3 Å². The molecule has 1 aliphatic rings. The van der Waals surface area contributed by atoms with E-state index < -0.39 is 9.84 Å². The van der Waals surface area contributed by atoms with E-state index in [0.29, 0.717) is 0 Å². The normalized spacial score (nSPS) is 20.6. The molecule has 1 N–H and O–H groups in total. The molecule has 0 saturated carbocycles. The number of sulfone groups is 1. The molecule has 18 heavy (non-hydrogen) atoms. The summed E-state index contributed by atoms with van der Waals surface area (Å²) in [4.78, 5) is 4.23. The molecule has 0 amide bonds. The molecule has 6 heteroatoms. The van der Waals surface area contributed by atoms with Gasteiger partial charge in [0.1, 0.15) is 0 Å². The molecule has 1 fully saturated rings. The summed E-state index contributed by atoms with van der Waals surface area (Å²) in [7, 11) is -3.26. The van der Waals surface area contributed by atoms with Crippen LogP contribution < -0.4 is 5.32 Å². The van der Waals surface area contributed by atoms with E-state index in [2.05, 4.69) is 10.3 Å². The van der Waals surface area contributed by atoms with Crippen LogP contribution in [0.25, 0.3) is 10.2 Å². The summed E-state index contributed by atoms with van der Waals surface area (Å²) < 4.78 is 25.7. The van der Waals surface area contributed by atoms with Crippen LogP contribution in [0.4, 0.5) is 0 Å². The van der Waals surface area contributed by atoms with Gasteiger partial charge >= 0.3 is 0 Å². The first kappa shape index (κ1) is 12.1. The van der Waals surface area contributed by atoms with Gasteiger partial charge in [-0.05, 0) is 31.5 Å². The van der Waals surface area contributed by atoms with Gasteiger partial charge in [0, 0.05) is 6.04 Å². The van der Waals surface area contributed by atoms with E-state index in [0.717, 1.165) is 29.6 Å². The summed E-state index contributed by atoms with van der Waals surface area (Å²) in [5, 5.41) is 3.21. The Labute approximate surface area is 110 Å². The highest BCUT2D eigenvalue weighted by atomic mass is 32.2. The molecule has 1 atom stereocenters. The maximum Gasteiger partial charge on any atom is 0.210 e. The number of benzene rings is 1. The molecular weight excluding hydrogens is 268 g/mol. The number of thiazole rings is 1. The topological polar surface area (TPSA) is 59.1 Å². The van der Waals surface area contributed by atoms with Crippen LogP contribution in [0.5, 0.6) is 0 Å². The maximum absolute atomic E-state index is 12.3. The third kappa shape index (κ3) is 2.28. The molecule has 4 nitrogen and oxygen atoms in total. The molecule has 1 aromatic heterocycles. The SMILES string of the molecule is O=S(=O)(C[C@@H]1CCCN1)c1nc2ccccc2s1. The van der Waals surface area contributed by atoms with Crippen LogP contribution in [0.1, 0.15) is 12.8 Å². The van der Waals surface area contributed by atoms with Gasteiger partial charge < -0.3 is 5.32 Å². The van der Waals surface area contributed by atoms with Crippen molar-refractivity contribution in [3.8, 4) is 0 Å². The monoisotopic (exact) mass is 282 g/mol. The standard InChI is InChI=1S/C12H14N2O2S2/c15-18(16,8-9-4-3-7-13-9)12-14-10-5-1-2-6-11(10)17-12/h1-2,5-6,9,13H,3-4,7-8H2/t9-/m0/s1. The second-order valence-electron chi connectivity index (χ2n) is 4.52. The van der Waals surface area contributed by atoms with E-state index in [4.69, 9.17) is 0 Å². The Bertz CT molecular complexity index is 625. The molecule has 3 rings (SSSR count). The lowest BCUT2D eigenvalue weighted by molar-refractivity contribution is 0.576. The number of para-hydroxylation sites is 1. The second-order valence-corrected chi connectivity index (χ2v) is 7.76. The van der Waals surface area contributed by atoms with Gasteiger partial charge in [0.15, 0.2) is 0 Å². The number of hydrogen-bond donors (Lipinski definition) is 1. The van der Waals surface area contributed by atoms with Crippen LogP contribution in [0.2, 0.25) is 0 Å². The lowest BCUT2D eigenvalue weighted by Gasteiger charge is -2.08. The molecule has 0 radical (unpaired) electrons. The van der Waals surface area contributed by atoms with Gasteiger partial charge in [0.05, 0.1) is 16.0 Å². The largest absolute Gasteiger partial charge is 0.313 e. The third-order valence-corrected chi connectivity index (χ3v) is 6.43. The van der Waals surface area contributed by atoms with E-state index in [1.54, 1.807) is 0 Å². The molecule has 0 unspecified atom stereocenters. The quantitative estimate of drug-likeness (QED) is 0.933. The summed E-state index contributed by atoms with van der Waals surface area (Å²) in [6.45, 7) is 0.917. The van der Waals surface area contributed by atoms with Crippen molar-refractivity contribution in [2.75, 3.05) is 12.3 Å². The van der Waals surface area contributed by atoms with Crippen molar-refractivity contribution in [3.63, 3.8) is 0 Å². The minimum atomic E-state index is -3.26. The average Bonchev–Trinajstić information content (AvgIpc) is 2.96. The van der Waals surface area contributed by atoms with Gasteiger partial charge in [-0.1, -0.05) is 12.1 Å². The average molecular weight is 282 g/mol. The summed E-state index contributed by atoms with van der Waals surface area (Å²) in [6, 6.07) is 7.60. The Balaban J connectivity index is 1.92. The summed E-state index contributed by atoms with van der Waals surface area (Å²) in [5.41, 5.74) is 0.764. The van der Waals surface area contributed by atoms with E-state index in [-0.39, 0.29) is 16.1 Å². The first-order valence-corrected chi connectivity index (χ1v) is 8.44. The zero-order valence-corrected chi connectivity index (χ0v) is 11.4. The van der Waals surface area contributed by atoms with Crippen LogP contribution in [0.3, 0.4) is 0 Å². The van der Waals surface area contributed by atoms with Crippen LogP contribution >= 0.6 is 11.3 Å². The molecule has 1 saturated heterocycles. The molecule has 2 aromatic rings. The zero-order valence-electron chi connectivity index (χ0n) is 9.80. The summed E-state index contributed by atoms with van der Waals surface area (Å²) in [6.07, 6.45) is 1.99. The highest BCUT2D eigenvalue weighted by Gasteiger charge is 2.26. The summed E-state index contributed by atoms with van der Waals surface area (Å²) >= 11 is 1.26. The van der Waals surface area contributed by atoms with Crippen LogP contribution in [0, 0.1) is 0 Å². The van der Waals surface area contributed by atoms with E-state index in [1.807, 2.05) is 24.3 Å². The Morgan fingerprint density at radius 1 is 1.39 bits per heavy atom.